The lowest BCUT2D eigenvalue weighted by molar-refractivity contribution is 0.326. The third kappa shape index (κ3) is 5.25. The molecule has 1 aromatic heterocycles. The minimum atomic E-state index is 0. The van der Waals surface area contributed by atoms with Crippen molar-refractivity contribution in [1.82, 2.24) is 5.32 Å². The zero-order valence-corrected chi connectivity index (χ0v) is 13.0. The van der Waals surface area contributed by atoms with E-state index in [0.717, 1.165) is 25.4 Å². The van der Waals surface area contributed by atoms with Crippen LogP contribution in [0.15, 0.2) is 21.8 Å². The highest BCUT2D eigenvalue weighted by molar-refractivity contribution is 14.0. The first-order chi connectivity index (χ1) is 7.84. The molecule has 1 fully saturated rings. The number of hydrogen-bond acceptors (Lipinski definition) is 2. The molecular formula is C12H20IN3S. The van der Waals surface area contributed by atoms with Crippen LogP contribution in [0.2, 0.25) is 0 Å². The van der Waals surface area contributed by atoms with Crippen LogP contribution < -0.4 is 11.1 Å². The molecule has 0 spiro atoms. The third-order valence-electron chi connectivity index (χ3n) is 3.04. The van der Waals surface area contributed by atoms with Gasteiger partial charge in [-0.05, 0) is 47.6 Å². The summed E-state index contributed by atoms with van der Waals surface area (Å²) in [6.45, 7) is 1.77. The fraction of sp³-hybridized carbons (Fsp3) is 0.583. The van der Waals surface area contributed by atoms with Crippen molar-refractivity contribution in [3.63, 3.8) is 0 Å². The van der Waals surface area contributed by atoms with Gasteiger partial charge in [0, 0.05) is 13.1 Å². The first-order valence-corrected chi connectivity index (χ1v) is 6.84. The van der Waals surface area contributed by atoms with Crippen LogP contribution in [0.4, 0.5) is 0 Å². The minimum Gasteiger partial charge on any atom is -0.370 e. The molecule has 0 unspecified atom stereocenters. The lowest BCUT2D eigenvalue weighted by Gasteiger charge is -2.23. The fourth-order valence-corrected chi connectivity index (χ4v) is 2.43. The highest BCUT2D eigenvalue weighted by Gasteiger charge is 2.16. The minimum absolute atomic E-state index is 0. The second-order valence-corrected chi connectivity index (χ2v) is 5.11. The van der Waals surface area contributed by atoms with E-state index in [1.807, 2.05) is 0 Å². The van der Waals surface area contributed by atoms with Gasteiger partial charge in [-0.3, -0.25) is 4.99 Å². The Labute approximate surface area is 124 Å². The van der Waals surface area contributed by atoms with Crippen molar-refractivity contribution in [3.8, 4) is 0 Å². The van der Waals surface area contributed by atoms with E-state index < -0.39 is 0 Å². The summed E-state index contributed by atoms with van der Waals surface area (Å²) in [6, 6.07) is 2.15. The van der Waals surface area contributed by atoms with Crippen LogP contribution in [0, 0.1) is 5.92 Å². The van der Waals surface area contributed by atoms with Crippen LogP contribution in [-0.2, 0) is 6.42 Å². The molecule has 1 aromatic rings. The number of nitrogens with zero attached hydrogens (tertiary/aromatic N) is 1. The van der Waals surface area contributed by atoms with E-state index in [9.17, 15) is 0 Å². The Hall–Kier alpha value is -0.300. The van der Waals surface area contributed by atoms with E-state index in [1.165, 1.54) is 24.8 Å². The van der Waals surface area contributed by atoms with Crippen LogP contribution >= 0.6 is 35.3 Å². The maximum absolute atomic E-state index is 5.78. The standard InChI is InChI=1S/C12H19N3S.HI/c13-12(15-8-10-2-1-3-10)14-6-4-11-5-7-16-9-11;/h5,7,9-10H,1-4,6,8H2,(H3,13,14,15);1H. The Kier molecular flexibility index (Phi) is 6.87. The molecule has 96 valence electrons. The summed E-state index contributed by atoms with van der Waals surface area (Å²) in [5.74, 6) is 1.39. The largest absolute Gasteiger partial charge is 0.370 e. The van der Waals surface area contributed by atoms with Crippen molar-refractivity contribution in [3.05, 3.63) is 22.4 Å². The second kappa shape index (κ2) is 7.92. The Balaban J connectivity index is 0.00000144. The summed E-state index contributed by atoms with van der Waals surface area (Å²) in [7, 11) is 0. The van der Waals surface area contributed by atoms with Gasteiger partial charge < -0.3 is 11.1 Å². The predicted molar refractivity (Wildman–Crippen MR) is 85.3 cm³/mol. The zero-order valence-electron chi connectivity index (χ0n) is 9.89. The number of rotatable bonds is 5. The summed E-state index contributed by atoms with van der Waals surface area (Å²) in [5.41, 5.74) is 7.15. The molecule has 3 nitrogen and oxygen atoms in total. The molecule has 1 aliphatic carbocycles. The Morgan fingerprint density at radius 3 is 2.94 bits per heavy atom. The van der Waals surface area contributed by atoms with Crippen LogP contribution in [0.25, 0.3) is 0 Å². The lowest BCUT2D eigenvalue weighted by Crippen LogP contribution is -2.34. The van der Waals surface area contributed by atoms with Gasteiger partial charge in [-0.1, -0.05) is 6.42 Å². The monoisotopic (exact) mass is 365 g/mol. The van der Waals surface area contributed by atoms with E-state index in [4.69, 9.17) is 5.73 Å². The van der Waals surface area contributed by atoms with Gasteiger partial charge in [-0.2, -0.15) is 11.3 Å². The first-order valence-electron chi connectivity index (χ1n) is 5.89. The Morgan fingerprint density at radius 1 is 1.53 bits per heavy atom. The maximum Gasteiger partial charge on any atom is 0.188 e. The highest BCUT2D eigenvalue weighted by Crippen LogP contribution is 2.26. The normalized spacial score (nSPS) is 16.1. The van der Waals surface area contributed by atoms with Gasteiger partial charge in [0.1, 0.15) is 0 Å². The summed E-state index contributed by atoms with van der Waals surface area (Å²) < 4.78 is 0. The number of aliphatic imine (C=N–C) groups is 1. The molecule has 0 radical (unpaired) electrons. The van der Waals surface area contributed by atoms with Crippen molar-refractivity contribution in [1.29, 1.82) is 0 Å². The SMILES string of the molecule is I.NC(=NCC1CCC1)NCCc1ccsc1. The van der Waals surface area contributed by atoms with Crippen molar-refractivity contribution in [2.45, 2.75) is 25.7 Å². The van der Waals surface area contributed by atoms with E-state index in [1.54, 1.807) is 11.3 Å². The van der Waals surface area contributed by atoms with Crippen LogP contribution in [0.3, 0.4) is 0 Å². The van der Waals surface area contributed by atoms with Crippen molar-refractivity contribution in [2.24, 2.45) is 16.6 Å². The highest BCUT2D eigenvalue weighted by atomic mass is 127. The smallest absolute Gasteiger partial charge is 0.188 e. The number of hydrogen-bond donors (Lipinski definition) is 2. The van der Waals surface area contributed by atoms with Gasteiger partial charge in [0.05, 0.1) is 0 Å². The van der Waals surface area contributed by atoms with Crippen LogP contribution in [0.5, 0.6) is 0 Å². The third-order valence-corrected chi connectivity index (χ3v) is 3.78. The van der Waals surface area contributed by atoms with E-state index >= 15 is 0 Å². The van der Waals surface area contributed by atoms with Crippen molar-refractivity contribution < 1.29 is 0 Å². The van der Waals surface area contributed by atoms with Crippen LogP contribution in [-0.4, -0.2) is 19.0 Å². The van der Waals surface area contributed by atoms with Crippen LogP contribution in [0.1, 0.15) is 24.8 Å². The van der Waals surface area contributed by atoms with Crippen molar-refractivity contribution >= 4 is 41.3 Å². The molecule has 0 amide bonds. The van der Waals surface area contributed by atoms with Gasteiger partial charge in [0.15, 0.2) is 5.96 Å². The number of halogens is 1. The van der Waals surface area contributed by atoms with Gasteiger partial charge in [0.2, 0.25) is 0 Å². The van der Waals surface area contributed by atoms with E-state index in [-0.39, 0.29) is 24.0 Å². The molecule has 5 heteroatoms. The molecular weight excluding hydrogens is 345 g/mol. The molecule has 0 atom stereocenters. The zero-order chi connectivity index (χ0) is 11.2. The van der Waals surface area contributed by atoms with Crippen molar-refractivity contribution in [2.75, 3.05) is 13.1 Å². The quantitative estimate of drug-likeness (QED) is 0.479. The molecule has 3 N–H and O–H groups in total. The average molecular weight is 365 g/mol. The second-order valence-electron chi connectivity index (χ2n) is 4.33. The number of nitrogens with two attached hydrogens (primary N) is 1. The number of nitrogens with one attached hydrogen (secondary N) is 1. The summed E-state index contributed by atoms with van der Waals surface area (Å²) in [4.78, 5) is 4.35. The molecule has 0 aliphatic heterocycles. The molecule has 17 heavy (non-hydrogen) atoms. The maximum atomic E-state index is 5.78. The summed E-state index contributed by atoms with van der Waals surface area (Å²) in [5, 5.41) is 7.43. The molecule has 2 rings (SSSR count). The van der Waals surface area contributed by atoms with Gasteiger partial charge in [0.25, 0.3) is 0 Å². The number of thiophene rings is 1. The van der Waals surface area contributed by atoms with Gasteiger partial charge in [-0.15, -0.1) is 24.0 Å². The Morgan fingerprint density at radius 2 is 2.35 bits per heavy atom. The first kappa shape index (κ1) is 14.8. The lowest BCUT2D eigenvalue weighted by atomic mass is 9.86. The molecule has 0 saturated heterocycles. The van der Waals surface area contributed by atoms with Gasteiger partial charge in [-0.25, -0.2) is 0 Å². The van der Waals surface area contributed by atoms with Gasteiger partial charge >= 0.3 is 0 Å². The molecule has 0 aromatic carbocycles. The topological polar surface area (TPSA) is 50.4 Å². The molecule has 1 saturated carbocycles. The van der Waals surface area contributed by atoms with E-state index in [2.05, 4.69) is 27.1 Å². The molecule has 1 heterocycles. The number of guanidine groups is 1. The summed E-state index contributed by atoms with van der Waals surface area (Å²) >= 11 is 1.73. The average Bonchev–Trinajstić information content (AvgIpc) is 2.68. The predicted octanol–water partition coefficient (Wildman–Crippen LogP) is 2.61. The fourth-order valence-electron chi connectivity index (χ4n) is 1.73. The van der Waals surface area contributed by atoms with E-state index in [0.29, 0.717) is 5.96 Å². The molecule has 0 bridgehead atoms. The Bertz CT molecular complexity index is 334. The molecule has 1 aliphatic rings. The summed E-state index contributed by atoms with van der Waals surface area (Å²) in [6.07, 6.45) is 5.03.